The number of benzene rings is 1. The summed E-state index contributed by atoms with van der Waals surface area (Å²) < 4.78 is 6.84. The molecule has 0 aliphatic carbocycles. The second kappa shape index (κ2) is 5.26. The minimum absolute atomic E-state index is 0.109. The fraction of sp³-hybridized carbons (Fsp3) is 0.500. The lowest BCUT2D eigenvalue weighted by Gasteiger charge is -2.22. The normalized spacial score (nSPS) is 11.5. The van der Waals surface area contributed by atoms with Crippen LogP contribution >= 0.6 is 28.6 Å². The minimum atomic E-state index is 0.109. The maximum atomic E-state index is 5.79. The highest BCUT2D eigenvalue weighted by molar-refractivity contribution is 9.10. The standard InChI is InChI=1S/C12H17BrOS/c1-9-4-5-10(13)6-11(9)14-7-12(2,3)8-15/h4-6,15H,7-8H2,1-3H3. The van der Waals surface area contributed by atoms with Gasteiger partial charge in [0, 0.05) is 9.89 Å². The summed E-state index contributed by atoms with van der Waals surface area (Å²) in [5, 5.41) is 0. The molecule has 0 saturated heterocycles. The van der Waals surface area contributed by atoms with E-state index in [1.807, 2.05) is 18.2 Å². The molecule has 0 radical (unpaired) electrons. The topological polar surface area (TPSA) is 9.23 Å². The van der Waals surface area contributed by atoms with E-state index in [9.17, 15) is 0 Å². The third-order valence-electron chi connectivity index (χ3n) is 2.20. The fourth-order valence-corrected chi connectivity index (χ4v) is 1.48. The second-order valence-corrected chi connectivity index (χ2v) is 5.75. The monoisotopic (exact) mass is 288 g/mol. The molecule has 0 bridgehead atoms. The number of aryl methyl sites for hydroxylation is 1. The van der Waals surface area contributed by atoms with Crippen LogP contribution in [0.1, 0.15) is 19.4 Å². The molecule has 3 heteroatoms. The molecular weight excluding hydrogens is 272 g/mol. The van der Waals surface area contributed by atoms with Gasteiger partial charge in [0.1, 0.15) is 5.75 Å². The van der Waals surface area contributed by atoms with E-state index in [1.54, 1.807) is 0 Å². The fourth-order valence-electron chi connectivity index (χ4n) is 1.05. The Morgan fingerprint density at radius 1 is 1.40 bits per heavy atom. The van der Waals surface area contributed by atoms with Crippen molar-refractivity contribution in [2.24, 2.45) is 5.41 Å². The summed E-state index contributed by atoms with van der Waals surface area (Å²) in [7, 11) is 0. The van der Waals surface area contributed by atoms with Gasteiger partial charge in [-0.1, -0.05) is 35.8 Å². The van der Waals surface area contributed by atoms with Crippen molar-refractivity contribution in [3.8, 4) is 5.75 Å². The van der Waals surface area contributed by atoms with Gasteiger partial charge in [-0.3, -0.25) is 0 Å². The van der Waals surface area contributed by atoms with Gasteiger partial charge in [-0.25, -0.2) is 0 Å². The number of rotatable bonds is 4. The Kier molecular flexibility index (Phi) is 4.53. The highest BCUT2D eigenvalue weighted by atomic mass is 79.9. The molecule has 1 aromatic rings. The first kappa shape index (κ1) is 12.9. The summed E-state index contributed by atoms with van der Waals surface area (Å²) in [6.07, 6.45) is 0. The van der Waals surface area contributed by atoms with E-state index in [1.165, 1.54) is 0 Å². The van der Waals surface area contributed by atoms with Crippen LogP contribution in [0.4, 0.5) is 0 Å². The van der Waals surface area contributed by atoms with Crippen molar-refractivity contribution in [2.45, 2.75) is 20.8 Å². The summed E-state index contributed by atoms with van der Waals surface area (Å²) in [5.41, 5.74) is 1.27. The van der Waals surface area contributed by atoms with E-state index < -0.39 is 0 Å². The lowest BCUT2D eigenvalue weighted by molar-refractivity contribution is 0.201. The van der Waals surface area contributed by atoms with Gasteiger partial charge >= 0.3 is 0 Å². The average Bonchev–Trinajstić information content (AvgIpc) is 2.20. The molecule has 0 unspecified atom stereocenters. The number of halogens is 1. The Balaban J connectivity index is 2.69. The van der Waals surface area contributed by atoms with Gasteiger partial charge < -0.3 is 4.74 Å². The summed E-state index contributed by atoms with van der Waals surface area (Å²) in [6.45, 7) is 7.03. The zero-order valence-corrected chi connectivity index (χ0v) is 11.9. The van der Waals surface area contributed by atoms with E-state index in [0.29, 0.717) is 6.61 Å². The first-order chi connectivity index (χ1) is 6.94. The molecule has 0 aliphatic heterocycles. The summed E-state index contributed by atoms with van der Waals surface area (Å²) in [6, 6.07) is 6.07. The first-order valence-electron chi connectivity index (χ1n) is 4.94. The number of hydrogen-bond donors (Lipinski definition) is 1. The van der Waals surface area contributed by atoms with E-state index in [-0.39, 0.29) is 5.41 Å². The van der Waals surface area contributed by atoms with Crippen LogP contribution in [0.2, 0.25) is 0 Å². The molecule has 0 spiro atoms. The maximum Gasteiger partial charge on any atom is 0.123 e. The molecule has 0 heterocycles. The van der Waals surface area contributed by atoms with Crippen molar-refractivity contribution in [3.63, 3.8) is 0 Å². The number of ether oxygens (including phenoxy) is 1. The van der Waals surface area contributed by atoms with Crippen molar-refractivity contribution in [3.05, 3.63) is 28.2 Å². The zero-order chi connectivity index (χ0) is 11.5. The molecular formula is C12H17BrOS. The Hall–Kier alpha value is -0.150. The van der Waals surface area contributed by atoms with Crippen molar-refractivity contribution >= 4 is 28.6 Å². The second-order valence-electron chi connectivity index (χ2n) is 4.52. The predicted octanol–water partition coefficient (Wildman–Crippen LogP) is 4.09. The number of hydrogen-bond acceptors (Lipinski definition) is 2. The number of thiol groups is 1. The summed E-state index contributed by atoms with van der Waals surface area (Å²) >= 11 is 7.74. The molecule has 0 aliphatic rings. The van der Waals surface area contributed by atoms with Gasteiger partial charge in [0.05, 0.1) is 6.61 Å². The van der Waals surface area contributed by atoms with Crippen LogP contribution in [0.5, 0.6) is 5.75 Å². The third kappa shape index (κ3) is 4.07. The average molecular weight is 289 g/mol. The first-order valence-corrected chi connectivity index (χ1v) is 6.37. The largest absolute Gasteiger partial charge is 0.493 e. The minimum Gasteiger partial charge on any atom is -0.493 e. The van der Waals surface area contributed by atoms with Gasteiger partial charge in [-0.2, -0.15) is 12.6 Å². The van der Waals surface area contributed by atoms with Gasteiger partial charge in [-0.15, -0.1) is 0 Å². The molecule has 0 atom stereocenters. The third-order valence-corrected chi connectivity index (χ3v) is 3.55. The van der Waals surface area contributed by atoms with Crippen LogP contribution in [0.3, 0.4) is 0 Å². The van der Waals surface area contributed by atoms with E-state index in [0.717, 1.165) is 21.5 Å². The Bertz CT molecular complexity index is 336. The highest BCUT2D eigenvalue weighted by Crippen LogP contribution is 2.25. The molecule has 0 saturated carbocycles. The molecule has 0 amide bonds. The van der Waals surface area contributed by atoms with E-state index in [2.05, 4.69) is 49.3 Å². The van der Waals surface area contributed by atoms with Crippen LogP contribution in [0.25, 0.3) is 0 Å². The molecule has 1 nitrogen and oxygen atoms in total. The maximum absolute atomic E-state index is 5.79. The van der Waals surface area contributed by atoms with Crippen molar-refractivity contribution in [1.82, 2.24) is 0 Å². The van der Waals surface area contributed by atoms with Crippen molar-refractivity contribution in [1.29, 1.82) is 0 Å². The van der Waals surface area contributed by atoms with Crippen LogP contribution in [0.15, 0.2) is 22.7 Å². The van der Waals surface area contributed by atoms with Gasteiger partial charge in [0.25, 0.3) is 0 Å². The van der Waals surface area contributed by atoms with Gasteiger partial charge in [0.15, 0.2) is 0 Å². The van der Waals surface area contributed by atoms with Crippen molar-refractivity contribution < 1.29 is 4.74 Å². The Labute approximate surface area is 106 Å². The van der Waals surface area contributed by atoms with Crippen LogP contribution in [-0.4, -0.2) is 12.4 Å². The molecule has 15 heavy (non-hydrogen) atoms. The molecule has 0 N–H and O–H groups in total. The van der Waals surface area contributed by atoms with Crippen LogP contribution in [0, 0.1) is 12.3 Å². The molecule has 0 aromatic heterocycles. The SMILES string of the molecule is Cc1ccc(Br)cc1OCC(C)(C)CS. The predicted molar refractivity (Wildman–Crippen MR) is 72.0 cm³/mol. The van der Waals surface area contributed by atoms with Crippen LogP contribution in [-0.2, 0) is 0 Å². The van der Waals surface area contributed by atoms with E-state index >= 15 is 0 Å². The van der Waals surface area contributed by atoms with Gasteiger partial charge in [0.2, 0.25) is 0 Å². The lowest BCUT2D eigenvalue weighted by atomic mass is 9.98. The smallest absolute Gasteiger partial charge is 0.123 e. The quantitative estimate of drug-likeness (QED) is 0.821. The Morgan fingerprint density at radius 3 is 2.67 bits per heavy atom. The Morgan fingerprint density at radius 2 is 2.07 bits per heavy atom. The van der Waals surface area contributed by atoms with Gasteiger partial charge in [-0.05, 0) is 30.4 Å². The molecule has 1 rings (SSSR count). The summed E-state index contributed by atoms with van der Waals surface area (Å²) in [5.74, 6) is 1.76. The summed E-state index contributed by atoms with van der Waals surface area (Å²) in [4.78, 5) is 0. The molecule has 84 valence electrons. The van der Waals surface area contributed by atoms with Crippen LogP contribution < -0.4 is 4.74 Å². The zero-order valence-electron chi connectivity index (χ0n) is 9.38. The van der Waals surface area contributed by atoms with E-state index in [4.69, 9.17) is 4.74 Å². The molecule has 1 aromatic carbocycles. The molecule has 0 fully saturated rings. The highest BCUT2D eigenvalue weighted by Gasteiger charge is 2.17. The van der Waals surface area contributed by atoms with Crippen molar-refractivity contribution in [2.75, 3.05) is 12.4 Å². The lowest BCUT2D eigenvalue weighted by Crippen LogP contribution is -2.23.